The van der Waals surface area contributed by atoms with Crippen LogP contribution in [-0.2, 0) is 6.54 Å². The second kappa shape index (κ2) is 7.32. The van der Waals surface area contributed by atoms with Gasteiger partial charge >= 0.3 is 0 Å². The molecule has 0 aliphatic heterocycles. The van der Waals surface area contributed by atoms with Gasteiger partial charge in [-0.2, -0.15) is 5.11 Å². The van der Waals surface area contributed by atoms with Gasteiger partial charge in [0.05, 0.1) is 22.7 Å². The predicted molar refractivity (Wildman–Crippen MR) is 106 cm³/mol. The Morgan fingerprint density at radius 1 is 0.893 bits per heavy atom. The summed E-state index contributed by atoms with van der Waals surface area (Å²) in [6.07, 6.45) is 0. The smallest absolute Gasteiger partial charge is 0.269 e. The molecule has 138 valence electrons. The summed E-state index contributed by atoms with van der Waals surface area (Å²) < 4.78 is 1.79. The van der Waals surface area contributed by atoms with Crippen LogP contribution in [0.4, 0.5) is 17.1 Å². The Morgan fingerprint density at radius 2 is 1.57 bits per heavy atom. The van der Waals surface area contributed by atoms with Gasteiger partial charge in [0.1, 0.15) is 0 Å². The van der Waals surface area contributed by atoms with Gasteiger partial charge in [0.15, 0.2) is 5.69 Å². The van der Waals surface area contributed by atoms with Crippen molar-refractivity contribution in [3.05, 3.63) is 94.5 Å². The van der Waals surface area contributed by atoms with Crippen molar-refractivity contribution in [1.29, 1.82) is 0 Å². The van der Waals surface area contributed by atoms with Crippen molar-refractivity contribution in [3.8, 4) is 5.88 Å². The summed E-state index contributed by atoms with van der Waals surface area (Å²) in [7, 11) is 0. The molecule has 0 saturated carbocycles. The van der Waals surface area contributed by atoms with Gasteiger partial charge in [-0.25, -0.2) is 0 Å². The lowest BCUT2D eigenvalue weighted by Crippen LogP contribution is -1.98. The highest BCUT2D eigenvalue weighted by atomic mass is 16.6. The number of benzene rings is 3. The van der Waals surface area contributed by atoms with Gasteiger partial charge in [-0.15, -0.1) is 5.11 Å². The molecule has 7 heteroatoms. The number of nitro groups is 1. The molecule has 0 spiro atoms. The number of aromatic hydroxyl groups is 1. The average Bonchev–Trinajstić information content (AvgIpc) is 2.99. The number of nitro benzene ring substituents is 1. The standard InChI is InChI=1S/C21H16N4O3/c26-21-20(23-22-16-10-12-17(13-11-16)25(27)28)18-8-4-5-9-19(18)24(21)14-15-6-2-1-3-7-15/h1-13,26H,14H2. The first-order chi connectivity index (χ1) is 13.6. The number of rotatable bonds is 5. The Bertz CT molecular complexity index is 1170. The van der Waals surface area contributed by atoms with Crippen molar-refractivity contribution in [2.45, 2.75) is 6.54 Å². The summed E-state index contributed by atoms with van der Waals surface area (Å²) in [5, 5.41) is 30.7. The fourth-order valence-electron chi connectivity index (χ4n) is 3.05. The molecule has 28 heavy (non-hydrogen) atoms. The molecule has 0 radical (unpaired) electrons. The van der Waals surface area contributed by atoms with Gasteiger partial charge < -0.3 is 9.67 Å². The molecule has 4 aromatic rings. The predicted octanol–water partition coefficient (Wildman–Crippen LogP) is 5.72. The molecule has 1 aromatic heterocycles. The van der Waals surface area contributed by atoms with Gasteiger partial charge in [-0.1, -0.05) is 48.5 Å². The molecule has 4 rings (SSSR count). The molecular weight excluding hydrogens is 356 g/mol. The summed E-state index contributed by atoms with van der Waals surface area (Å²) in [5.74, 6) is 0.0238. The van der Waals surface area contributed by atoms with Crippen molar-refractivity contribution in [2.24, 2.45) is 10.2 Å². The van der Waals surface area contributed by atoms with Gasteiger partial charge in [0.2, 0.25) is 5.88 Å². The second-order valence-electron chi connectivity index (χ2n) is 6.23. The van der Waals surface area contributed by atoms with E-state index in [1.165, 1.54) is 24.3 Å². The monoisotopic (exact) mass is 372 g/mol. The van der Waals surface area contributed by atoms with Crippen LogP contribution in [0.1, 0.15) is 5.56 Å². The lowest BCUT2D eigenvalue weighted by atomic mass is 10.2. The average molecular weight is 372 g/mol. The van der Waals surface area contributed by atoms with E-state index in [1.54, 1.807) is 4.57 Å². The number of para-hydroxylation sites is 1. The molecule has 0 fully saturated rings. The number of fused-ring (bicyclic) bond motifs is 1. The minimum atomic E-state index is -0.468. The van der Waals surface area contributed by atoms with Gasteiger partial charge in [0, 0.05) is 17.5 Å². The Morgan fingerprint density at radius 3 is 2.29 bits per heavy atom. The third-order valence-electron chi connectivity index (χ3n) is 4.43. The molecule has 0 atom stereocenters. The molecule has 0 unspecified atom stereocenters. The molecule has 0 amide bonds. The number of hydrogen-bond donors (Lipinski definition) is 1. The maximum Gasteiger partial charge on any atom is 0.269 e. The van der Waals surface area contributed by atoms with Crippen LogP contribution in [0.25, 0.3) is 10.9 Å². The zero-order valence-corrected chi connectivity index (χ0v) is 14.8. The van der Waals surface area contributed by atoms with Crippen LogP contribution in [0.5, 0.6) is 5.88 Å². The molecule has 3 aromatic carbocycles. The first kappa shape index (κ1) is 17.4. The van der Waals surface area contributed by atoms with Gasteiger partial charge in [-0.05, 0) is 23.8 Å². The molecule has 0 aliphatic rings. The van der Waals surface area contributed by atoms with Crippen LogP contribution in [0.15, 0.2) is 89.1 Å². The highest BCUT2D eigenvalue weighted by molar-refractivity contribution is 5.95. The number of nitrogens with zero attached hydrogens (tertiary/aromatic N) is 4. The number of hydrogen-bond acceptors (Lipinski definition) is 5. The first-order valence-electron chi connectivity index (χ1n) is 8.64. The maximum absolute atomic E-state index is 10.8. The molecule has 0 bridgehead atoms. The SMILES string of the molecule is O=[N+]([O-])c1ccc(N=Nc2c(O)n(Cc3ccccc3)c3ccccc23)cc1. The van der Waals surface area contributed by atoms with Gasteiger partial charge in [0.25, 0.3) is 5.69 Å². The van der Waals surface area contributed by atoms with E-state index in [9.17, 15) is 15.2 Å². The third-order valence-corrected chi connectivity index (χ3v) is 4.43. The number of azo groups is 1. The van der Waals surface area contributed by atoms with Crippen LogP contribution in [0, 0.1) is 10.1 Å². The fraction of sp³-hybridized carbons (Fsp3) is 0.0476. The van der Waals surface area contributed by atoms with E-state index in [1.807, 2.05) is 54.6 Å². The largest absolute Gasteiger partial charge is 0.493 e. The van der Waals surface area contributed by atoms with Crippen LogP contribution in [-0.4, -0.2) is 14.6 Å². The molecule has 0 aliphatic carbocycles. The van der Waals surface area contributed by atoms with Crippen molar-refractivity contribution in [2.75, 3.05) is 0 Å². The van der Waals surface area contributed by atoms with E-state index in [2.05, 4.69) is 10.2 Å². The second-order valence-corrected chi connectivity index (χ2v) is 6.23. The quantitative estimate of drug-likeness (QED) is 0.276. The molecule has 1 heterocycles. The summed E-state index contributed by atoms with van der Waals surface area (Å²) in [6, 6.07) is 23.2. The molecule has 0 saturated heterocycles. The van der Waals surface area contributed by atoms with E-state index < -0.39 is 4.92 Å². The Labute approximate surface area is 160 Å². The summed E-state index contributed by atoms with van der Waals surface area (Å²) in [5.41, 5.74) is 2.72. The minimum absolute atomic E-state index is 0.0127. The van der Waals surface area contributed by atoms with Crippen LogP contribution >= 0.6 is 0 Å². The molecule has 1 N–H and O–H groups in total. The van der Waals surface area contributed by atoms with E-state index in [0.717, 1.165) is 16.5 Å². The third kappa shape index (κ3) is 3.33. The van der Waals surface area contributed by atoms with Crippen molar-refractivity contribution in [3.63, 3.8) is 0 Å². The summed E-state index contributed by atoms with van der Waals surface area (Å²) >= 11 is 0. The zero-order valence-electron chi connectivity index (χ0n) is 14.8. The summed E-state index contributed by atoms with van der Waals surface area (Å²) in [6.45, 7) is 0.500. The van der Waals surface area contributed by atoms with Crippen molar-refractivity contribution >= 4 is 28.0 Å². The Hall–Kier alpha value is -4.00. The lowest BCUT2D eigenvalue weighted by Gasteiger charge is -2.06. The van der Waals surface area contributed by atoms with E-state index in [4.69, 9.17) is 0 Å². The number of aromatic nitrogens is 1. The van der Waals surface area contributed by atoms with Crippen molar-refractivity contribution in [1.82, 2.24) is 4.57 Å². The normalized spacial score (nSPS) is 11.3. The van der Waals surface area contributed by atoms with E-state index in [0.29, 0.717) is 17.9 Å². The topological polar surface area (TPSA) is 93.0 Å². The first-order valence-corrected chi connectivity index (χ1v) is 8.64. The van der Waals surface area contributed by atoms with E-state index >= 15 is 0 Å². The highest BCUT2D eigenvalue weighted by Gasteiger charge is 2.16. The summed E-state index contributed by atoms with van der Waals surface area (Å²) in [4.78, 5) is 10.3. The Balaban J connectivity index is 1.73. The van der Waals surface area contributed by atoms with Crippen LogP contribution in [0.3, 0.4) is 0 Å². The van der Waals surface area contributed by atoms with Crippen LogP contribution < -0.4 is 0 Å². The molecular formula is C21H16N4O3. The zero-order chi connectivity index (χ0) is 19.5. The Kier molecular flexibility index (Phi) is 4.55. The minimum Gasteiger partial charge on any atom is -0.493 e. The fourth-order valence-corrected chi connectivity index (χ4v) is 3.05. The van der Waals surface area contributed by atoms with Gasteiger partial charge in [-0.3, -0.25) is 10.1 Å². The molecule has 7 nitrogen and oxygen atoms in total. The van der Waals surface area contributed by atoms with Crippen LogP contribution in [0.2, 0.25) is 0 Å². The maximum atomic E-state index is 10.8. The number of non-ortho nitro benzene ring substituents is 1. The van der Waals surface area contributed by atoms with E-state index in [-0.39, 0.29) is 11.6 Å². The van der Waals surface area contributed by atoms with Crippen molar-refractivity contribution < 1.29 is 10.0 Å². The lowest BCUT2D eigenvalue weighted by molar-refractivity contribution is -0.384. The highest BCUT2D eigenvalue weighted by Crippen LogP contribution is 2.39.